The SMILES string of the molecule is CCNC(c1coc(C)c1)c1ccc(C)c(F)c1F. The van der Waals surface area contributed by atoms with Gasteiger partial charge in [0.2, 0.25) is 0 Å². The molecule has 0 amide bonds. The molecule has 1 atom stereocenters. The maximum Gasteiger partial charge on any atom is 0.164 e. The van der Waals surface area contributed by atoms with E-state index in [4.69, 9.17) is 4.42 Å². The van der Waals surface area contributed by atoms with Gasteiger partial charge in [-0.2, -0.15) is 0 Å². The van der Waals surface area contributed by atoms with Crippen molar-refractivity contribution in [1.29, 1.82) is 0 Å². The molecule has 0 aliphatic carbocycles. The number of hydrogen-bond acceptors (Lipinski definition) is 2. The van der Waals surface area contributed by atoms with Gasteiger partial charge >= 0.3 is 0 Å². The zero-order valence-electron chi connectivity index (χ0n) is 11.3. The minimum atomic E-state index is -0.801. The summed E-state index contributed by atoms with van der Waals surface area (Å²) in [5.74, 6) is -0.851. The van der Waals surface area contributed by atoms with Crippen LogP contribution in [-0.2, 0) is 0 Å². The Balaban J connectivity index is 2.48. The highest BCUT2D eigenvalue weighted by Gasteiger charge is 2.21. The lowest BCUT2D eigenvalue weighted by atomic mass is 9.98. The van der Waals surface area contributed by atoms with Crippen molar-refractivity contribution in [2.24, 2.45) is 0 Å². The average molecular weight is 265 g/mol. The van der Waals surface area contributed by atoms with Gasteiger partial charge < -0.3 is 9.73 Å². The first-order chi connectivity index (χ1) is 9.04. The number of furan rings is 1. The molecule has 0 aliphatic rings. The van der Waals surface area contributed by atoms with E-state index in [1.165, 1.54) is 0 Å². The summed E-state index contributed by atoms with van der Waals surface area (Å²) >= 11 is 0. The summed E-state index contributed by atoms with van der Waals surface area (Å²) in [6.45, 7) is 5.93. The molecular formula is C15H17F2NO. The topological polar surface area (TPSA) is 25.2 Å². The van der Waals surface area contributed by atoms with Crippen molar-refractivity contribution < 1.29 is 13.2 Å². The lowest BCUT2D eigenvalue weighted by molar-refractivity contribution is 0.476. The number of nitrogens with one attached hydrogen (secondary N) is 1. The number of aryl methyl sites for hydroxylation is 2. The molecule has 0 spiro atoms. The predicted octanol–water partition coefficient (Wildman–Crippen LogP) is 3.87. The lowest BCUT2D eigenvalue weighted by Gasteiger charge is -2.18. The minimum Gasteiger partial charge on any atom is -0.469 e. The fourth-order valence-corrected chi connectivity index (χ4v) is 2.11. The molecule has 102 valence electrons. The second-order valence-electron chi connectivity index (χ2n) is 4.58. The van der Waals surface area contributed by atoms with Crippen LogP contribution in [0, 0.1) is 25.5 Å². The fourth-order valence-electron chi connectivity index (χ4n) is 2.11. The van der Waals surface area contributed by atoms with E-state index in [1.807, 2.05) is 19.9 Å². The molecule has 0 radical (unpaired) electrons. The second-order valence-corrected chi connectivity index (χ2v) is 4.58. The van der Waals surface area contributed by atoms with Gasteiger partial charge in [0.15, 0.2) is 11.6 Å². The lowest BCUT2D eigenvalue weighted by Crippen LogP contribution is -2.23. The summed E-state index contributed by atoms with van der Waals surface area (Å²) in [6, 6.07) is 4.62. The van der Waals surface area contributed by atoms with E-state index in [1.54, 1.807) is 25.3 Å². The highest BCUT2D eigenvalue weighted by atomic mass is 19.2. The van der Waals surface area contributed by atoms with Crippen LogP contribution < -0.4 is 5.32 Å². The van der Waals surface area contributed by atoms with Crippen LogP contribution in [0.3, 0.4) is 0 Å². The van der Waals surface area contributed by atoms with E-state index >= 15 is 0 Å². The number of rotatable bonds is 4. The first-order valence-corrected chi connectivity index (χ1v) is 6.27. The van der Waals surface area contributed by atoms with Crippen LogP contribution in [0.5, 0.6) is 0 Å². The Morgan fingerprint density at radius 3 is 2.53 bits per heavy atom. The van der Waals surface area contributed by atoms with Gasteiger partial charge in [-0.15, -0.1) is 0 Å². The molecule has 19 heavy (non-hydrogen) atoms. The third kappa shape index (κ3) is 2.68. The molecule has 0 aliphatic heterocycles. The van der Waals surface area contributed by atoms with Gasteiger partial charge in [0.1, 0.15) is 5.76 Å². The molecule has 1 heterocycles. The van der Waals surface area contributed by atoms with Gasteiger partial charge in [-0.25, -0.2) is 8.78 Å². The van der Waals surface area contributed by atoms with Gasteiger partial charge in [-0.05, 0) is 32.0 Å². The standard InChI is InChI=1S/C15H17F2NO/c1-4-18-15(11-7-10(3)19-8-11)12-6-5-9(2)13(16)14(12)17/h5-8,15,18H,4H2,1-3H3. The van der Waals surface area contributed by atoms with Crippen LogP contribution in [0.1, 0.15) is 35.4 Å². The number of hydrogen-bond donors (Lipinski definition) is 1. The summed E-state index contributed by atoms with van der Waals surface area (Å²) < 4.78 is 33.0. The zero-order valence-corrected chi connectivity index (χ0v) is 11.3. The smallest absolute Gasteiger partial charge is 0.164 e. The van der Waals surface area contributed by atoms with Crippen molar-refractivity contribution in [3.8, 4) is 0 Å². The van der Waals surface area contributed by atoms with Crippen LogP contribution in [0.15, 0.2) is 28.9 Å². The second kappa shape index (κ2) is 5.53. The van der Waals surface area contributed by atoms with Crippen LogP contribution >= 0.6 is 0 Å². The third-order valence-electron chi connectivity index (χ3n) is 3.11. The molecule has 1 N–H and O–H groups in total. The monoisotopic (exact) mass is 265 g/mol. The van der Waals surface area contributed by atoms with Crippen LogP contribution in [0.25, 0.3) is 0 Å². The molecule has 1 aromatic heterocycles. The number of benzene rings is 1. The van der Waals surface area contributed by atoms with Crippen LogP contribution in [0.2, 0.25) is 0 Å². The van der Waals surface area contributed by atoms with Crippen molar-refractivity contribution in [2.45, 2.75) is 26.8 Å². The van der Waals surface area contributed by atoms with E-state index < -0.39 is 17.7 Å². The zero-order chi connectivity index (χ0) is 14.0. The average Bonchev–Trinajstić information content (AvgIpc) is 2.81. The highest BCUT2D eigenvalue weighted by molar-refractivity contribution is 5.34. The summed E-state index contributed by atoms with van der Waals surface area (Å²) in [7, 11) is 0. The Kier molecular flexibility index (Phi) is 4.00. The van der Waals surface area contributed by atoms with Crippen molar-refractivity contribution >= 4 is 0 Å². The molecular weight excluding hydrogens is 248 g/mol. The van der Waals surface area contributed by atoms with Crippen molar-refractivity contribution in [2.75, 3.05) is 6.54 Å². The van der Waals surface area contributed by atoms with E-state index in [2.05, 4.69) is 5.32 Å². The molecule has 0 fully saturated rings. The van der Waals surface area contributed by atoms with Crippen molar-refractivity contribution in [3.05, 3.63) is 58.5 Å². The molecule has 1 unspecified atom stereocenters. The normalized spacial score (nSPS) is 12.7. The third-order valence-corrected chi connectivity index (χ3v) is 3.11. The molecule has 0 saturated carbocycles. The predicted molar refractivity (Wildman–Crippen MR) is 70.1 cm³/mol. The van der Waals surface area contributed by atoms with Gasteiger partial charge in [0.25, 0.3) is 0 Å². The Morgan fingerprint density at radius 1 is 1.21 bits per heavy atom. The van der Waals surface area contributed by atoms with Crippen molar-refractivity contribution in [1.82, 2.24) is 5.32 Å². The van der Waals surface area contributed by atoms with E-state index in [0.29, 0.717) is 17.7 Å². The summed E-state index contributed by atoms with van der Waals surface area (Å²) in [6.07, 6.45) is 1.57. The van der Waals surface area contributed by atoms with E-state index in [9.17, 15) is 8.78 Å². The quantitative estimate of drug-likeness (QED) is 0.907. The van der Waals surface area contributed by atoms with Gasteiger partial charge in [0, 0.05) is 11.1 Å². The van der Waals surface area contributed by atoms with E-state index in [-0.39, 0.29) is 0 Å². The maximum absolute atomic E-state index is 14.1. The molecule has 2 nitrogen and oxygen atoms in total. The molecule has 0 bridgehead atoms. The molecule has 2 aromatic rings. The Hall–Kier alpha value is -1.68. The summed E-state index contributed by atoms with van der Waals surface area (Å²) in [5.41, 5.74) is 1.40. The molecule has 1 aromatic carbocycles. The molecule has 0 saturated heterocycles. The Labute approximate surface area is 111 Å². The minimum absolute atomic E-state index is 0.297. The molecule has 2 rings (SSSR count). The first kappa shape index (κ1) is 13.7. The highest BCUT2D eigenvalue weighted by Crippen LogP contribution is 2.28. The van der Waals surface area contributed by atoms with Crippen LogP contribution in [0.4, 0.5) is 8.78 Å². The molecule has 4 heteroatoms. The van der Waals surface area contributed by atoms with Gasteiger partial charge in [0.05, 0.1) is 12.3 Å². The Bertz CT molecular complexity index is 578. The largest absolute Gasteiger partial charge is 0.469 e. The summed E-state index contributed by atoms with van der Waals surface area (Å²) in [4.78, 5) is 0. The van der Waals surface area contributed by atoms with Gasteiger partial charge in [-0.3, -0.25) is 0 Å². The fraction of sp³-hybridized carbons (Fsp3) is 0.333. The first-order valence-electron chi connectivity index (χ1n) is 6.27. The van der Waals surface area contributed by atoms with Crippen molar-refractivity contribution in [3.63, 3.8) is 0 Å². The van der Waals surface area contributed by atoms with Crippen LogP contribution in [-0.4, -0.2) is 6.54 Å². The number of halogens is 2. The Morgan fingerprint density at radius 2 is 1.95 bits per heavy atom. The van der Waals surface area contributed by atoms with Gasteiger partial charge in [-0.1, -0.05) is 19.1 Å². The maximum atomic E-state index is 14.1. The summed E-state index contributed by atoms with van der Waals surface area (Å²) in [5, 5.41) is 3.15. The van der Waals surface area contributed by atoms with E-state index in [0.717, 1.165) is 11.3 Å².